The molecule has 0 atom stereocenters. The van der Waals surface area contributed by atoms with Crippen molar-refractivity contribution in [1.29, 1.82) is 0 Å². The summed E-state index contributed by atoms with van der Waals surface area (Å²) in [7, 11) is 1.59. The number of guanidine groups is 1. The van der Waals surface area contributed by atoms with Gasteiger partial charge < -0.3 is 21.1 Å². The molecular weight excluding hydrogens is 407 g/mol. The van der Waals surface area contributed by atoms with E-state index in [-0.39, 0.29) is 29.9 Å². The minimum absolute atomic E-state index is 0. The van der Waals surface area contributed by atoms with E-state index in [1.165, 1.54) is 0 Å². The Morgan fingerprint density at radius 1 is 1.22 bits per heavy atom. The molecule has 0 fully saturated rings. The first-order valence-electron chi connectivity index (χ1n) is 7.49. The van der Waals surface area contributed by atoms with Crippen LogP contribution in [-0.2, 0) is 0 Å². The molecular formula is C16H27IN4O2. The van der Waals surface area contributed by atoms with Crippen LogP contribution < -0.4 is 21.1 Å². The van der Waals surface area contributed by atoms with Gasteiger partial charge in [-0.1, -0.05) is 13.8 Å². The number of hydrogen-bond acceptors (Lipinski definition) is 3. The van der Waals surface area contributed by atoms with Crippen molar-refractivity contribution in [2.75, 3.05) is 26.7 Å². The molecule has 0 saturated heterocycles. The van der Waals surface area contributed by atoms with Crippen LogP contribution in [0.2, 0.25) is 0 Å². The van der Waals surface area contributed by atoms with Gasteiger partial charge in [0.15, 0.2) is 5.96 Å². The van der Waals surface area contributed by atoms with Gasteiger partial charge in [0.2, 0.25) is 0 Å². The van der Waals surface area contributed by atoms with Crippen molar-refractivity contribution >= 4 is 35.8 Å². The summed E-state index contributed by atoms with van der Waals surface area (Å²) in [6.07, 6.45) is 1.01. The van der Waals surface area contributed by atoms with Crippen LogP contribution in [0, 0.1) is 5.92 Å². The first-order chi connectivity index (χ1) is 10.5. The zero-order chi connectivity index (χ0) is 16.4. The highest BCUT2D eigenvalue weighted by molar-refractivity contribution is 14.0. The Morgan fingerprint density at radius 2 is 1.83 bits per heavy atom. The summed E-state index contributed by atoms with van der Waals surface area (Å²) in [6.45, 7) is 6.03. The number of nitrogens with one attached hydrogen (secondary N) is 2. The predicted octanol–water partition coefficient (Wildman–Crippen LogP) is 1.99. The number of carbonyl (C=O) groups is 1. The number of aliphatic imine (C=N–C) groups is 1. The topological polar surface area (TPSA) is 88.7 Å². The Morgan fingerprint density at radius 3 is 2.39 bits per heavy atom. The SMILES string of the molecule is COc1ccc(C(=O)NCCNC(N)=NCCC(C)C)cc1.I. The van der Waals surface area contributed by atoms with Crippen LogP contribution in [0.15, 0.2) is 29.3 Å². The van der Waals surface area contributed by atoms with Crippen molar-refractivity contribution in [3.63, 3.8) is 0 Å². The van der Waals surface area contributed by atoms with Gasteiger partial charge >= 0.3 is 0 Å². The highest BCUT2D eigenvalue weighted by Crippen LogP contribution is 2.10. The molecule has 0 heterocycles. The number of methoxy groups -OCH3 is 1. The standard InChI is InChI=1S/C16H26N4O2.HI/c1-12(2)8-9-19-16(17)20-11-10-18-15(21)13-4-6-14(22-3)7-5-13;/h4-7,12H,8-11H2,1-3H3,(H,18,21)(H3,17,19,20);1H. The number of halogens is 1. The Labute approximate surface area is 155 Å². The van der Waals surface area contributed by atoms with E-state index < -0.39 is 0 Å². The molecule has 1 aromatic rings. The van der Waals surface area contributed by atoms with Crippen LogP contribution in [0.4, 0.5) is 0 Å². The minimum atomic E-state index is -0.125. The molecule has 0 aliphatic rings. The van der Waals surface area contributed by atoms with Gasteiger partial charge in [0.1, 0.15) is 5.75 Å². The second kappa shape index (κ2) is 12.0. The van der Waals surface area contributed by atoms with E-state index in [0.717, 1.165) is 12.2 Å². The Bertz CT molecular complexity index is 489. The van der Waals surface area contributed by atoms with Crippen molar-refractivity contribution in [2.45, 2.75) is 20.3 Å². The van der Waals surface area contributed by atoms with Gasteiger partial charge in [-0.25, -0.2) is 0 Å². The van der Waals surface area contributed by atoms with Crippen molar-refractivity contribution in [3.05, 3.63) is 29.8 Å². The van der Waals surface area contributed by atoms with E-state index in [1.807, 2.05) is 0 Å². The molecule has 0 aromatic heterocycles. The van der Waals surface area contributed by atoms with Crippen molar-refractivity contribution in [2.24, 2.45) is 16.6 Å². The number of benzene rings is 1. The maximum atomic E-state index is 11.9. The third-order valence-electron chi connectivity index (χ3n) is 3.06. The van der Waals surface area contributed by atoms with Gasteiger partial charge in [0.25, 0.3) is 5.91 Å². The van der Waals surface area contributed by atoms with Crippen molar-refractivity contribution in [1.82, 2.24) is 10.6 Å². The monoisotopic (exact) mass is 434 g/mol. The van der Waals surface area contributed by atoms with Crippen LogP contribution in [0.1, 0.15) is 30.6 Å². The fourth-order valence-corrected chi connectivity index (χ4v) is 1.71. The fraction of sp³-hybridized carbons (Fsp3) is 0.500. The van der Waals surface area contributed by atoms with Crippen molar-refractivity contribution < 1.29 is 9.53 Å². The molecule has 23 heavy (non-hydrogen) atoms. The molecule has 0 spiro atoms. The fourth-order valence-electron chi connectivity index (χ4n) is 1.71. The average molecular weight is 434 g/mol. The molecule has 0 bridgehead atoms. The lowest BCUT2D eigenvalue weighted by Gasteiger charge is -2.08. The summed E-state index contributed by atoms with van der Waals surface area (Å²) in [4.78, 5) is 16.1. The molecule has 130 valence electrons. The van der Waals surface area contributed by atoms with E-state index in [0.29, 0.717) is 37.1 Å². The molecule has 0 aliphatic heterocycles. The molecule has 7 heteroatoms. The number of nitrogens with two attached hydrogens (primary N) is 1. The summed E-state index contributed by atoms with van der Waals surface area (Å²) in [5.74, 6) is 1.63. The molecule has 1 amide bonds. The van der Waals surface area contributed by atoms with E-state index in [1.54, 1.807) is 31.4 Å². The summed E-state index contributed by atoms with van der Waals surface area (Å²) in [6, 6.07) is 6.96. The quantitative estimate of drug-likeness (QED) is 0.253. The second-order valence-electron chi connectivity index (χ2n) is 5.36. The van der Waals surface area contributed by atoms with Crippen LogP contribution in [0.5, 0.6) is 5.75 Å². The largest absolute Gasteiger partial charge is 0.497 e. The van der Waals surface area contributed by atoms with Crippen LogP contribution >= 0.6 is 24.0 Å². The van der Waals surface area contributed by atoms with Gasteiger partial charge in [0.05, 0.1) is 7.11 Å². The molecule has 4 N–H and O–H groups in total. The highest BCUT2D eigenvalue weighted by Gasteiger charge is 2.04. The van der Waals surface area contributed by atoms with Crippen LogP contribution in [0.3, 0.4) is 0 Å². The molecule has 0 saturated carbocycles. The van der Waals surface area contributed by atoms with Gasteiger partial charge in [-0.05, 0) is 36.6 Å². The number of amides is 1. The third kappa shape index (κ3) is 9.27. The van der Waals surface area contributed by atoms with E-state index in [2.05, 4.69) is 29.5 Å². The van der Waals surface area contributed by atoms with Gasteiger partial charge in [-0.2, -0.15) is 0 Å². The molecule has 1 rings (SSSR count). The van der Waals surface area contributed by atoms with Crippen LogP contribution in [-0.4, -0.2) is 38.6 Å². The highest BCUT2D eigenvalue weighted by atomic mass is 127. The van der Waals surface area contributed by atoms with E-state index in [9.17, 15) is 4.79 Å². The van der Waals surface area contributed by atoms with Gasteiger partial charge in [0, 0.05) is 25.2 Å². The molecule has 0 aliphatic carbocycles. The number of nitrogens with zero attached hydrogens (tertiary/aromatic N) is 1. The number of rotatable bonds is 8. The maximum absolute atomic E-state index is 11.9. The lowest BCUT2D eigenvalue weighted by atomic mass is 10.1. The number of hydrogen-bond donors (Lipinski definition) is 3. The summed E-state index contributed by atoms with van der Waals surface area (Å²) < 4.78 is 5.05. The molecule has 1 aromatic carbocycles. The predicted molar refractivity (Wildman–Crippen MR) is 105 cm³/mol. The minimum Gasteiger partial charge on any atom is -0.497 e. The average Bonchev–Trinajstić information content (AvgIpc) is 2.51. The zero-order valence-corrected chi connectivity index (χ0v) is 16.3. The summed E-state index contributed by atoms with van der Waals surface area (Å²) in [5, 5.41) is 5.79. The van der Waals surface area contributed by atoms with Gasteiger partial charge in [-0.15, -0.1) is 24.0 Å². The zero-order valence-electron chi connectivity index (χ0n) is 14.0. The summed E-state index contributed by atoms with van der Waals surface area (Å²) in [5.41, 5.74) is 6.33. The Kier molecular flexibility index (Phi) is 11.2. The number of ether oxygens (including phenoxy) is 1. The second-order valence-corrected chi connectivity index (χ2v) is 5.36. The summed E-state index contributed by atoms with van der Waals surface area (Å²) >= 11 is 0. The maximum Gasteiger partial charge on any atom is 0.251 e. The Balaban J connectivity index is 0.00000484. The molecule has 0 radical (unpaired) electrons. The first kappa shape index (κ1) is 21.5. The molecule has 0 unspecified atom stereocenters. The first-order valence-corrected chi connectivity index (χ1v) is 7.49. The van der Waals surface area contributed by atoms with Gasteiger partial charge in [-0.3, -0.25) is 9.79 Å². The van der Waals surface area contributed by atoms with E-state index in [4.69, 9.17) is 10.5 Å². The molecule has 6 nitrogen and oxygen atoms in total. The lowest BCUT2D eigenvalue weighted by Crippen LogP contribution is -2.38. The Hall–Kier alpha value is -1.51. The van der Waals surface area contributed by atoms with E-state index >= 15 is 0 Å². The lowest BCUT2D eigenvalue weighted by molar-refractivity contribution is 0.0954. The van der Waals surface area contributed by atoms with Crippen molar-refractivity contribution in [3.8, 4) is 5.75 Å². The third-order valence-corrected chi connectivity index (χ3v) is 3.06. The van der Waals surface area contributed by atoms with Crippen LogP contribution in [0.25, 0.3) is 0 Å². The number of carbonyl (C=O) groups excluding carboxylic acids is 1. The smallest absolute Gasteiger partial charge is 0.251 e. The normalized spacial score (nSPS) is 10.9.